The molecule has 9 aromatic rings. The Labute approximate surface area is 329 Å². The second-order valence-electron chi connectivity index (χ2n) is 15.1. The molecule has 0 aliphatic heterocycles. The van der Waals surface area contributed by atoms with Crippen molar-refractivity contribution in [2.24, 2.45) is 0 Å². The van der Waals surface area contributed by atoms with Gasteiger partial charge in [0.25, 0.3) is 0 Å². The van der Waals surface area contributed by atoms with Crippen molar-refractivity contribution in [3.05, 3.63) is 275 Å². The molecule has 0 bridgehead atoms. The van der Waals surface area contributed by atoms with Gasteiger partial charge in [0.1, 0.15) is 0 Å². The molecule has 0 spiro atoms. The van der Waals surface area contributed by atoms with E-state index in [2.05, 4.69) is 231 Å². The average Bonchev–Trinajstić information content (AvgIpc) is 3.76. The Kier molecular flexibility index (Phi) is 7.41. The van der Waals surface area contributed by atoms with Crippen LogP contribution in [0.3, 0.4) is 0 Å². The highest BCUT2D eigenvalue weighted by molar-refractivity contribution is 5.96. The van der Waals surface area contributed by atoms with Gasteiger partial charge in [-0.25, -0.2) is 0 Å². The van der Waals surface area contributed by atoms with E-state index in [4.69, 9.17) is 0 Å². The van der Waals surface area contributed by atoms with E-state index in [1.807, 2.05) is 0 Å². The Bertz CT molecular complexity index is 2800. The Morgan fingerprint density at radius 1 is 0.214 bits per heavy atom. The molecular weight excluding hydrogens is 673 g/mol. The third kappa shape index (κ3) is 4.54. The third-order valence-electron chi connectivity index (χ3n) is 12.5. The lowest BCUT2D eigenvalue weighted by molar-refractivity contribution is 0.768. The summed E-state index contributed by atoms with van der Waals surface area (Å²) in [4.78, 5) is 0. The molecule has 0 aromatic heterocycles. The molecule has 0 heterocycles. The van der Waals surface area contributed by atoms with E-state index in [9.17, 15) is 0 Å². The first-order valence-corrected chi connectivity index (χ1v) is 19.6. The highest BCUT2D eigenvalue weighted by atomic mass is 14.5. The maximum absolute atomic E-state index is 2.38. The summed E-state index contributed by atoms with van der Waals surface area (Å²) in [6.07, 6.45) is 0. The van der Waals surface area contributed by atoms with Crippen LogP contribution in [0.2, 0.25) is 0 Å². The molecule has 0 nitrogen and oxygen atoms in total. The zero-order chi connectivity index (χ0) is 37.1. The van der Waals surface area contributed by atoms with Crippen LogP contribution in [0.4, 0.5) is 0 Å². The molecule has 11 rings (SSSR count). The van der Waals surface area contributed by atoms with Gasteiger partial charge in [0.2, 0.25) is 0 Å². The van der Waals surface area contributed by atoms with Crippen LogP contribution in [0, 0.1) is 0 Å². The lowest BCUT2D eigenvalue weighted by Gasteiger charge is -2.34. The summed E-state index contributed by atoms with van der Waals surface area (Å²) in [6.45, 7) is 0. The summed E-state index contributed by atoms with van der Waals surface area (Å²) in [7, 11) is 0. The molecule has 0 amide bonds. The quantitative estimate of drug-likeness (QED) is 0.161. The molecule has 0 N–H and O–H groups in total. The lowest BCUT2D eigenvalue weighted by atomic mass is 9.67. The number of fused-ring (bicyclic) bond motifs is 6. The van der Waals surface area contributed by atoms with Crippen molar-refractivity contribution in [2.75, 3.05) is 0 Å². The highest BCUT2D eigenvalue weighted by Crippen LogP contribution is 2.59. The smallest absolute Gasteiger partial charge is 0.0622 e. The van der Waals surface area contributed by atoms with E-state index in [-0.39, 0.29) is 0 Å². The van der Waals surface area contributed by atoms with Gasteiger partial charge in [-0.05, 0) is 95.1 Å². The first kappa shape index (κ1) is 32.4. The monoisotopic (exact) mass is 710 g/mol. The van der Waals surface area contributed by atoms with E-state index in [0.717, 1.165) is 0 Å². The standard InChI is InChI=1S/C56H38/c1-4-20-42(21-5-1)55(50-30-13-10-26-47(50)48-27-11-14-31-51(48)55)45-36-34-39(35-37-45)40-18-16-19-41(38-40)46-29-17-33-53-54(46)49-28-12-15-32-52(49)56(53,43-22-6-2-7-23-43)44-24-8-3-9-25-44/h1-38H. The van der Waals surface area contributed by atoms with Crippen LogP contribution in [0.25, 0.3) is 44.5 Å². The van der Waals surface area contributed by atoms with Gasteiger partial charge in [-0.2, -0.15) is 0 Å². The predicted octanol–water partition coefficient (Wildman–Crippen LogP) is 13.7. The van der Waals surface area contributed by atoms with E-state index in [1.165, 1.54) is 89.0 Å². The summed E-state index contributed by atoms with van der Waals surface area (Å²) in [5.74, 6) is 0. The van der Waals surface area contributed by atoms with Crippen LogP contribution in [0.1, 0.15) is 44.5 Å². The second-order valence-corrected chi connectivity index (χ2v) is 15.1. The number of hydrogen-bond donors (Lipinski definition) is 0. The minimum Gasteiger partial charge on any atom is -0.0622 e. The van der Waals surface area contributed by atoms with Crippen molar-refractivity contribution in [3.8, 4) is 44.5 Å². The minimum absolute atomic E-state index is 0.406. The summed E-state index contributed by atoms with van der Waals surface area (Å²) in [5, 5.41) is 0. The lowest BCUT2D eigenvalue weighted by Crippen LogP contribution is -2.28. The SMILES string of the molecule is c1ccc(C2(c3ccc(-c4cccc(-c5cccc6c5-c5ccccc5C6(c5ccccc5)c5ccccc5)c4)cc3)c3ccccc3-c3ccccc32)cc1. The Morgan fingerprint density at radius 2 is 0.589 bits per heavy atom. The van der Waals surface area contributed by atoms with Gasteiger partial charge in [0, 0.05) is 0 Å². The average molecular weight is 711 g/mol. The van der Waals surface area contributed by atoms with E-state index in [0.29, 0.717) is 0 Å². The number of rotatable bonds is 6. The zero-order valence-electron chi connectivity index (χ0n) is 30.9. The Balaban J connectivity index is 1.06. The molecule has 0 saturated heterocycles. The molecule has 0 radical (unpaired) electrons. The van der Waals surface area contributed by atoms with Crippen molar-refractivity contribution in [1.29, 1.82) is 0 Å². The molecular formula is C56H38. The zero-order valence-corrected chi connectivity index (χ0v) is 30.9. The van der Waals surface area contributed by atoms with Gasteiger partial charge < -0.3 is 0 Å². The van der Waals surface area contributed by atoms with E-state index >= 15 is 0 Å². The van der Waals surface area contributed by atoms with Gasteiger partial charge in [0.15, 0.2) is 0 Å². The summed E-state index contributed by atoms with van der Waals surface area (Å²) < 4.78 is 0. The molecule has 0 unspecified atom stereocenters. The first-order chi connectivity index (χ1) is 27.8. The predicted molar refractivity (Wildman–Crippen MR) is 232 cm³/mol. The van der Waals surface area contributed by atoms with Gasteiger partial charge in [-0.1, -0.05) is 224 Å². The molecule has 0 fully saturated rings. The normalized spacial score (nSPS) is 14.0. The molecule has 0 heteroatoms. The van der Waals surface area contributed by atoms with Crippen LogP contribution < -0.4 is 0 Å². The molecule has 2 aliphatic carbocycles. The van der Waals surface area contributed by atoms with Crippen LogP contribution in [-0.4, -0.2) is 0 Å². The fourth-order valence-corrected chi connectivity index (χ4v) is 10.2. The van der Waals surface area contributed by atoms with Crippen molar-refractivity contribution in [1.82, 2.24) is 0 Å². The Hall–Kier alpha value is -7.02. The van der Waals surface area contributed by atoms with Crippen LogP contribution in [0.5, 0.6) is 0 Å². The highest BCUT2D eigenvalue weighted by Gasteiger charge is 2.47. The third-order valence-corrected chi connectivity index (χ3v) is 12.5. The Morgan fingerprint density at radius 3 is 1.14 bits per heavy atom. The number of benzene rings is 9. The second kappa shape index (κ2) is 12.8. The molecule has 0 atom stereocenters. The topological polar surface area (TPSA) is 0 Å². The first-order valence-electron chi connectivity index (χ1n) is 19.6. The molecule has 9 aromatic carbocycles. The molecule has 262 valence electrons. The van der Waals surface area contributed by atoms with Gasteiger partial charge in [-0.15, -0.1) is 0 Å². The van der Waals surface area contributed by atoms with E-state index in [1.54, 1.807) is 0 Å². The summed E-state index contributed by atoms with van der Waals surface area (Å²) >= 11 is 0. The minimum atomic E-state index is -0.427. The molecule has 56 heavy (non-hydrogen) atoms. The van der Waals surface area contributed by atoms with Crippen molar-refractivity contribution in [3.63, 3.8) is 0 Å². The van der Waals surface area contributed by atoms with Gasteiger partial charge in [0.05, 0.1) is 10.8 Å². The molecule has 0 saturated carbocycles. The van der Waals surface area contributed by atoms with Gasteiger partial charge in [-0.3, -0.25) is 0 Å². The van der Waals surface area contributed by atoms with Crippen molar-refractivity contribution in [2.45, 2.75) is 10.8 Å². The summed E-state index contributed by atoms with van der Waals surface area (Å²) in [6, 6.07) is 85.4. The number of hydrogen-bond acceptors (Lipinski definition) is 0. The maximum Gasteiger partial charge on any atom is 0.0713 e. The largest absolute Gasteiger partial charge is 0.0713 e. The van der Waals surface area contributed by atoms with E-state index < -0.39 is 10.8 Å². The molecule has 2 aliphatic rings. The summed E-state index contributed by atoms with van der Waals surface area (Å²) in [5.41, 5.74) is 19.7. The van der Waals surface area contributed by atoms with Crippen molar-refractivity contribution >= 4 is 0 Å². The van der Waals surface area contributed by atoms with Crippen molar-refractivity contribution < 1.29 is 0 Å². The van der Waals surface area contributed by atoms with Crippen LogP contribution in [0.15, 0.2) is 231 Å². The van der Waals surface area contributed by atoms with Gasteiger partial charge >= 0.3 is 0 Å². The van der Waals surface area contributed by atoms with Crippen LogP contribution in [-0.2, 0) is 10.8 Å². The maximum atomic E-state index is 2.38. The fourth-order valence-electron chi connectivity index (χ4n) is 10.2. The fraction of sp³-hybridized carbons (Fsp3) is 0.0357. The van der Waals surface area contributed by atoms with Crippen LogP contribution >= 0.6 is 0 Å².